The van der Waals surface area contributed by atoms with Crippen LogP contribution in [0.4, 0.5) is 0 Å². The number of hydrogen-bond donors (Lipinski definition) is 0. The fourth-order valence-electron chi connectivity index (χ4n) is 3.48. The molecule has 18 heavy (non-hydrogen) atoms. The van der Waals surface area contributed by atoms with Crippen LogP contribution in [0.2, 0.25) is 18.1 Å². The average molecular weight is 267 g/mol. The Morgan fingerprint density at radius 3 is 2.33 bits per heavy atom. The van der Waals surface area contributed by atoms with Crippen molar-refractivity contribution in [2.75, 3.05) is 0 Å². The van der Waals surface area contributed by atoms with Gasteiger partial charge in [0.1, 0.15) is 0 Å². The maximum atomic E-state index is 6.75. The Kier molecular flexibility index (Phi) is 3.57. The van der Waals surface area contributed by atoms with Crippen LogP contribution in [0.3, 0.4) is 0 Å². The highest BCUT2D eigenvalue weighted by atomic mass is 28.4. The summed E-state index contributed by atoms with van der Waals surface area (Å²) in [6.45, 7) is 16.2. The van der Waals surface area contributed by atoms with Crippen molar-refractivity contribution < 1.29 is 4.43 Å². The minimum Gasteiger partial charge on any atom is -0.413 e. The van der Waals surface area contributed by atoms with Crippen LogP contribution in [0.5, 0.6) is 0 Å². The smallest absolute Gasteiger partial charge is 0.192 e. The summed E-state index contributed by atoms with van der Waals surface area (Å²) in [5.41, 5.74) is 1.85. The summed E-state index contributed by atoms with van der Waals surface area (Å²) in [5, 5.41) is 0.316. The molecule has 0 aromatic carbocycles. The van der Waals surface area contributed by atoms with E-state index < -0.39 is 8.32 Å². The van der Waals surface area contributed by atoms with Crippen LogP contribution in [0, 0.1) is 5.41 Å². The van der Waals surface area contributed by atoms with Crippen molar-refractivity contribution >= 4 is 8.32 Å². The predicted octanol–water partition coefficient (Wildman–Crippen LogP) is 5.29. The fourth-order valence-corrected chi connectivity index (χ4v) is 4.89. The molecule has 0 N–H and O–H groups in total. The van der Waals surface area contributed by atoms with Crippen LogP contribution in [0.1, 0.15) is 59.3 Å². The second-order valence-corrected chi connectivity index (χ2v) is 12.6. The lowest BCUT2D eigenvalue weighted by atomic mass is 9.79. The van der Waals surface area contributed by atoms with Crippen LogP contribution in [-0.2, 0) is 4.43 Å². The van der Waals surface area contributed by atoms with Gasteiger partial charge in [-0.25, -0.2) is 0 Å². The first kappa shape index (κ1) is 14.3. The van der Waals surface area contributed by atoms with Crippen LogP contribution in [0.15, 0.2) is 12.2 Å². The molecular formula is C16H30OSi. The molecule has 104 valence electrons. The van der Waals surface area contributed by atoms with Crippen molar-refractivity contribution in [3.63, 3.8) is 0 Å². The zero-order valence-electron chi connectivity index (χ0n) is 12.9. The molecule has 0 heterocycles. The second-order valence-electron chi connectivity index (χ2n) is 7.87. The summed E-state index contributed by atoms with van der Waals surface area (Å²) < 4.78 is 6.75. The highest BCUT2D eigenvalue weighted by Crippen LogP contribution is 2.56. The van der Waals surface area contributed by atoms with Gasteiger partial charge in [-0.05, 0) is 56.7 Å². The molecule has 0 aromatic rings. The summed E-state index contributed by atoms with van der Waals surface area (Å²) in [7, 11) is -1.63. The van der Waals surface area contributed by atoms with E-state index in [2.05, 4.69) is 40.4 Å². The van der Waals surface area contributed by atoms with Gasteiger partial charge in [-0.1, -0.05) is 32.9 Å². The first-order chi connectivity index (χ1) is 8.19. The molecule has 2 aliphatic carbocycles. The van der Waals surface area contributed by atoms with Crippen LogP contribution < -0.4 is 0 Å². The van der Waals surface area contributed by atoms with Gasteiger partial charge in [0.15, 0.2) is 8.32 Å². The monoisotopic (exact) mass is 266 g/mol. The average Bonchev–Trinajstić information content (AvgIpc) is 2.76. The largest absolute Gasteiger partial charge is 0.413 e. The summed E-state index contributed by atoms with van der Waals surface area (Å²) in [4.78, 5) is 0. The molecule has 0 aliphatic heterocycles. The molecule has 0 saturated heterocycles. The molecule has 0 radical (unpaired) electrons. The fraction of sp³-hybridized carbons (Fsp3) is 0.875. The Hall–Kier alpha value is -0.0831. The Balaban J connectivity index is 2.17. The molecule has 2 heteroatoms. The van der Waals surface area contributed by atoms with E-state index in [1.165, 1.54) is 44.1 Å². The van der Waals surface area contributed by atoms with E-state index in [0.29, 0.717) is 16.6 Å². The molecule has 0 unspecified atom stereocenters. The summed E-state index contributed by atoms with van der Waals surface area (Å²) in [5.74, 6) is 0. The van der Waals surface area contributed by atoms with Gasteiger partial charge in [0.25, 0.3) is 0 Å². The van der Waals surface area contributed by atoms with E-state index in [9.17, 15) is 0 Å². The zero-order valence-corrected chi connectivity index (χ0v) is 13.9. The van der Waals surface area contributed by atoms with Crippen molar-refractivity contribution in [1.29, 1.82) is 0 Å². The third kappa shape index (κ3) is 2.22. The minimum absolute atomic E-state index is 0.316. The third-order valence-electron chi connectivity index (χ3n) is 5.75. The van der Waals surface area contributed by atoms with Gasteiger partial charge in [-0.3, -0.25) is 0 Å². The number of rotatable bonds is 2. The SMILES string of the molecule is C=C1CCC[C@@]12CCC[C@@H]2O[Si](C)(C)C(C)(C)C. The van der Waals surface area contributed by atoms with E-state index in [1.54, 1.807) is 0 Å². The maximum Gasteiger partial charge on any atom is 0.192 e. The zero-order chi connectivity index (χ0) is 13.6. The summed E-state index contributed by atoms with van der Waals surface area (Å²) in [6, 6.07) is 0. The molecule has 2 fully saturated rings. The quantitative estimate of drug-likeness (QED) is 0.487. The van der Waals surface area contributed by atoms with E-state index in [-0.39, 0.29) is 0 Å². The van der Waals surface area contributed by atoms with Gasteiger partial charge >= 0.3 is 0 Å². The van der Waals surface area contributed by atoms with Crippen LogP contribution in [0.25, 0.3) is 0 Å². The normalized spacial score (nSPS) is 33.6. The molecule has 0 bridgehead atoms. The standard InChI is InChI=1S/C16H30OSi/c1-13-9-7-11-16(13)12-8-10-14(16)17-18(5,6)15(2,3)4/h14H,1,7-12H2,2-6H3/t14-,16+/m0/s1. The topological polar surface area (TPSA) is 9.23 Å². The van der Waals surface area contributed by atoms with Gasteiger partial charge in [0.05, 0.1) is 6.10 Å². The molecule has 2 rings (SSSR count). The van der Waals surface area contributed by atoms with Gasteiger partial charge in [-0.2, -0.15) is 0 Å². The number of hydrogen-bond acceptors (Lipinski definition) is 1. The van der Waals surface area contributed by atoms with Gasteiger partial charge in [-0.15, -0.1) is 0 Å². The molecule has 2 saturated carbocycles. The van der Waals surface area contributed by atoms with Crippen molar-refractivity contribution in [3.8, 4) is 0 Å². The molecule has 2 aliphatic rings. The highest BCUT2D eigenvalue weighted by molar-refractivity contribution is 6.74. The van der Waals surface area contributed by atoms with Gasteiger partial charge < -0.3 is 4.43 Å². The molecule has 0 aromatic heterocycles. The third-order valence-corrected chi connectivity index (χ3v) is 10.2. The van der Waals surface area contributed by atoms with Gasteiger partial charge in [0.2, 0.25) is 0 Å². The van der Waals surface area contributed by atoms with Crippen molar-refractivity contribution in [1.82, 2.24) is 0 Å². The van der Waals surface area contributed by atoms with Crippen LogP contribution >= 0.6 is 0 Å². The molecule has 1 nitrogen and oxygen atoms in total. The Morgan fingerprint density at radius 1 is 1.22 bits per heavy atom. The van der Waals surface area contributed by atoms with Gasteiger partial charge in [0, 0.05) is 5.41 Å². The predicted molar refractivity (Wildman–Crippen MR) is 81.3 cm³/mol. The lowest BCUT2D eigenvalue weighted by Crippen LogP contribution is -2.47. The molecule has 1 spiro atoms. The minimum atomic E-state index is -1.63. The van der Waals surface area contributed by atoms with E-state index in [4.69, 9.17) is 4.43 Å². The van der Waals surface area contributed by atoms with Crippen molar-refractivity contribution in [2.45, 2.75) is 83.5 Å². The van der Waals surface area contributed by atoms with E-state index >= 15 is 0 Å². The molecule has 0 amide bonds. The lowest BCUT2D eigenvalue weighted by Gasteiger charge is -2.43. The van der Waals surface area contributed by atoms with Crippen molar-refractivity contribution in [2.24, 2.45) is 5.41 Å². The van der Waals surface area contributed by atoms with Crippen LogP contribution in [-0.4, -0.2) is 14.4 Å². The Labute approximate surface area is 114 Å². The lowest BCUT2D eigenvalue weighted by molar-refractivity contribution is 0.0922. The first-order valence-electron chi connectivity index (χ1n) is 7.55. The second kappa shape index (κ2) is 4.48. The maximum absolute atomic E-state index is 6.75. The van der Waals surface area contributed by atoms with E-state index in [1.807, 2.05) is 0 Å². The Bertz CT molecular complexity index is 335. The molecule has 2 atom stereocenters. The van der Waals surface area contributed by atoms with E-state index in [0.717, 1.165) is 0 Å². The summed E-state index contributed by atoms with van der Waals surface area (Å²) in [6.07, 6.45) is 8.27. The summed E-state index contributed by atoms with van der Waals surface area (Å²) >= 11 is 0. The highest BCUT2D eigenvalue weighted by Gasteiger charge is 2.51. The first-order valence-corrected chi connectivity index (χ1v) is 10.5. The Morgan fingerprint density at radius 2 is 1.83 bits per heavy atom. The molecular weight excluding hydrogens is 236 g/mol. The van der Waals surface area contributed by atoms with Crippen molar-refractivity contribution in [3.05, 3.63) is 12.2 Å².